The van der Waals surface area contributed by atoms with Crippen LogP contribution in [0.4, 0.5) is 4.39 Å². The standard InChI is InChI=1S/C13H13BrFN3O/c1-19-10-6-3-7-17-13(10)12(18-16)8-4-2-5-9(14)11(8)15/h2-7,12,18H,16H2,1H3. The van der Waals surface area contributed by atoms with Crippen molar-refractivity contribution in [2.24, 2.45) is 5.84 Å². The van der Waals surface area contributed by atoms with Crippen molar-refractivity contribution in [1.29, 1.82) is 0 Å². The second kappa shape index (κ2) is 6.10. The fourth-order valence-corrected chi connectivity index (χ4v) is 2.23. The number of halogens is 2. The predicted octanol–water partition coefficient (Wildman–Crippen LogP) is 2.54. The number of pyridine rings is 1. The number of ether oxygens (including phenoxy) is 1. The average Bonchev–Trinajstić information content (AvgIpc) is 2.45. The molecule has 100 valence electrons. The van der Waals surface area contributed by atoms with Gasteiger partial charge in [0.1, 0.15) is 17.3 Å². The lowest BCUT2D eigenvalue weighted by molar-refractivity contribution is 0.399. The van der Waals surface area contributed by atoms with Crippen molar-refractivity contribution in [1.82, 2.24) is 10.4 Å². The Morgan fingerprint density at radius 2 is 2.16 bits per heavy atom. The number of hydrazine groups is 1. The van der Waals surface area contributed by atoms with E-state index in [1.807, 2.05) is 0 Å². The van der Waals surface area contributed by atoms with E-state index in [1.54, 1.807) is 36.5 Å². The van der Waals surface area contributed by atoms with E-state index in [9.17, 15) is 4.39 Å². The first kappa shape index (κ1) is 13.9. The second-order valence-electron chi connectivity index (χ2n) is 3.83. The van der Waals surface area contributed by atoms with E-state index in [0.717, 1.165) is 0 Å². The van der Waals surface area contributed by atoms with Crippen LogP contribution in [-0.4, -0.2) is 12.1 Å². The molecule has 1 atom stereocenters. The van der Waals surface area contributed by atoms with Crippen molar-refractivity contribution in [2.75, 3.05) is 7.11 Å². The molecule has 2 rings (SSSR count). The molecule has 0 saturated heterocycles. The number of methoxy groups -OCH3 is 1. The number of benzene rings is 1. The van der Waals surface area contributed by atoms with Gasteiger partial charge >= 0.3 is 0 Å². The van der Waals surface area contributed by atoms with Gasteiger partial charge in [0.2, 0.25) is 0 Å². The molecule has 0 saturated carbocycles. The molecule has 0 aliphatic carbocycles. The van der Waals surface area contributed by atoms with Crippen LogP contribution in [0.25, 0.3) is 0 Å². The lowest BCUT2D eigenvalue weighted by atomic mass is 10.0. The largest absolute Gasteiger partial charge is 0.495 e. The third-order valence-electron chi connectivity index (χ3n) is 2.75. The van der Waals surface area contributed by atoms with Crippen LogP contribution in [0.5, 0.6) is 5.75 Å². The van der Waals surface area contributed by atoms with Gasteiger partial charge in [-0.3, -0.25) is 10.8 Å². The highest BCUT2D eigenvalue weighted by atomic mass is 79.9. The molecule has 0 spiro atoms. The Labute approximate surface area is 118 Å². The normalized spacial score (nSPS) is 12.2. The van der Waals surface area contributed by atoms with Crippen LogP contribution >= 0.6 is 15.9 Å². The summed E-state index contributed by atoms with van der Waals surface area (Å²) in [5.41, 5.74) is 3.50. The maximum absolute atomic E-state index is 14.1. The summed E-state index contributed by atoms with van der Waals surface area (Å²) in [5.74, 6) is 5.72. The number of hydrogen-bond donors (Lipinski definition) is 2. The molecular weight excluding hydrogens is 313 g/mol. The molecule has 6 heteroatoms. The van der Waals surface area contributed by atoms with Gasteiger partial charge in [0.05, 0.1) is 17.6 Å². The van der Waals surface area contributed by atoms with E-state index >= 15 is 0 Å². The predicted molar refractivity (Wildman–Crippen MR) is 74.1 cm³/mol. The van der Waals surface area contributed by atoms with E-state index in [-0.39, 0.29) is 5.82 Å². The fraction of sp³-hybridized carbons (Fsp3) is 0.154. The molecule has 1 unspecified atom stereocenters. The van der Waals surface area contributed by atoms with E-state index in [4.69, 9.17) is 10.6 Å². The van der Waals surface area contributed by atoms with Gasteiger partial charge in [-0.05, 0) is 34.1 Å². The lowest BCUT2D eigenvalue weighted by Gasteiger charge is -2.19. The minimum atomic E-state index is -0.589. The Hall–Kier alpha value is -1.50. The number of rotatable bonds is 4. The topological polar surface area (TPSA) is 60.2 Å². The molecule has 1 heterocycles. The molecule has 0 radical (unpaired) electrons. The second-order valence-corrected chi connectivity index (χ2v) is 4.69. The van der Waals surface area contributed by atoms with Gasteiger partial charge in [0, 0.05) is 11.8 Å². The van der Waals surface area contributed by atoms with E-state index in [2.05, 4.69) is 26.3 Å². The van der Waals surface area contributed by atoms with Crippen LogP contribution in [0.2, 0.25) is 0 Å². The SMILES string of the molecule is COc1cccnc1C(NN)c1cccc(Br)c1F. The smallest absolute Gasteiger partial charge is 0.142 e. The molecule has 0 fully saturated rings. The highest BCUT2D eigenvalue weighted by molar-refractivity contribution is 9.10. The van der Waals surface area contributed by atoms with Gasteiger partial charge in [-0.15, -0.1) is 0 Å². The summed E-state index contributed by atoms with van der Waals surface area (Å²) in [4.78, 5) is 4.22. The van der Waals surface area contributed by atoms with Crippen molar-refractivity contribution in [3.63, 3.8) is 0 Å². The summed E-state index contributed by atoms with van der Waals surface area (Å²) in [6.07, 6.45) is 1.61. The third-order valence-corrected chi connectivity index (χ3v) is 3.36. The van der Waals surface area contributed by atoms with E-state index in [1.165, 1.54) is 7.11 Å². The van der Waals surface area contributed by atoms with Crippen molar-refractivity contribution in [3.05, 3.63) is 58.1 Å². The highest BCUT2D eigenvalue weighted by Crippen LogP contribution is 2.31. The Morgan fingerprint density at radius 3 is 2.84 bits per heavy atom. The number of nitrogens with one attached hydrogen (secondary N) is 1. The summed E-state index contributed by atoms with van der Waals surface area (Å²) in [6.45, 7) is 0. The van der Waals surface area contributed by atoms with Crippen LogP contribution in [0.1, 0.15) is 17.3 Å². The Bertz CT molecular complexity index is 580. The van der Waals surface area contributed by atoms with Crippen LogP contribution in [0.3, 0.4) is 0 Å². The zero-order valence-corrected chi connectivity index (χ0v) is 11.8. The molecule has 0 aliphatic heterocycles. The van der Waals surface area contributed by atoms with Crippen LogP contribution in [0.15, 0.2) is 41.0 Å². The molecule has 19 heavy (non-hydrogen) atoms. The lowest BCUT2D eigenvalue weighted by Crippen LogP contribution is -2.30. The molecule has 4 nitrogen and oxygen atoms in total. The zero-order chi connectivity index (χ0) is 13.8. The van der Waals surface area contributed by atoms with Gasteiger partial charge in [-0.1, -0.05) is 12.1 Å². The minimum absolute atomic E-state index is 0.375. The molecule has 1 aromatic heterocycles. The van der Waals surface area contributed by atoms with Crippen LogP contribution < -0.4 is 16.0 Å². The fourth-order valence-electron chi connectivity index (χ4n) is 1.85. The molecule has 0 amide bonds. The Balaban J connectivity index is 2.53. The third kappa shape index (κ3) is 2.75. The number of nitrogens with zero attached hydrogens (tertiary/aromatic N) is 1. The van der Waals surface area contributed by atoms with Crippen molar-refractivity contribution in [2.45, 2.75) is 6.04 Å². The maximum Gasteiger partial charge on any atom is 0.142 e. The van der Waals surface area contributed by atoms with Crippen LogP contribution in [-0.2, 0) is 0 Å². The summed E-state index contributed by atoms with van der Waals surface area (Å²) < 4.78 is 19.8. The van der Waals surface area contributed by atoms with Crippen molar-refractivity contribution < 1.29 is 9.13 Å². The molecular formula is C13H13BrFN3O. The minimum Gasteiger partial charge on any atom is -0.495 e. The summed E-state index contributed by atoms with van der Waals surface area (Å²) in [5, 5.41) is 0. The number of nitrogens with two attached hydrogens (primary N) is 1. The number of aromatic nitrogens is 1. The first-order valence-corrected chi connectivity index (χ1v) is 6.37. The van der Waals surface area contributed by atoms with Gasteiger partial charge < -0.3 is 4.74 Å². The van der Waals surface area contributed by atoms with Crippen molar-refractivity contribution >= 4 is 15.9 Å². The summed E-state index contributed by atoms with van der Waals surface area (Å²) in [6, 6.07) is 7.92. The van der Waals surface area contributed by atoms with Crippen LogP contribution in [0, 0.1) is 5.82 Å². The Kier molecular flexibility index (Phi) is 4.47. The molecule has 1 aromatic carbocycles. The van der Waals surface area contributed by atoms with E-state index < -0.39 is 6.04 Å². The zero-order valence-electron chi connectivity index (χ0n) is 10.2. The average molecular weight is 326 g/mol. The van der Waals surface area contributed by atoms with Gasteiger partial charge in [-0.25, -0.2) is 9.82 Å². The summed E-state index contributed by atoms with van der Waals surface area (Å²) >= 11 is 3.16. The molecule has 2 aromatic rings. The van der Waals surface area contributed by atoms with E-state index in [0.29, 0.717) is 21.5 Å². The van der Waals surface area contributed by atoms with Gasteiger partial charge in [-0.2, -0.15) is 0 Å². The molecule has 0 bridgehead atoms. The molecule has 3 N–H and O–H groups in total. The monoisotopic (exact) mass is 325 g/mol. The first-order valence-electron chi connectivity index (χ1n) is 5.58. The summed E-state index contributed by atoms with van der Waals surface area (Å²) in [7, 11) is 1.53. The highest BCUT2D eigenvalue weighted by Gasteiger charge is 2.22. The number of hydrogen-bond acceptors (Lipinski definition) is 4. The Morgan fingerprint density at radius 1 is 1.37 bits per heavy atom. The van der Waals surface area contributed by atoms with Gasteiger partial charge in [0.25, 0.3) is 0 Å². The quantitative estimate of drug-likeness (QED) is 0.670. The maximum atomic E-state index is 14.1. The molecule has 0 aliphatic rings. The first-order chi connectivity index (χ1) is 9.19. The van der Waals surface area contributed by atoms with Gasteiger partial charge in [0.15, 0.2) is 0 Å². The van der Waals surface area contributed by atoms with Crippen molar-refractivity contribution in [3.8, 4) is 5.75 Å².